The number of ether oxygens (including phenoxy) is 2. The molecule has 3 rings (SSSR count). The fourth-order valence-corrected chi connectivity index (χ4v) is 2.92. The van der Waals surface area contributed by atoms with Crippen molar-refractivity contribution in [2.45, 2.75) is 32.8 Å². The highest BCUT2D eigenvalue weighted by atomic mass is 19.3. The molecular weight excluding hydrogens is 377 g/mol. The molecule has 0 aliphatic carbocycles. The van der Waals surface area contributed by atoms with Gasteiger partial charge in [0.25, 0.3) is 0 Å². The first-order valence-electron chi connectivity index (χ1n) is 9.51. The molecule has 0 heterocycles. The van der Waals surface area contributed by atoms with E-state index in [9.17, 15) is 13.2 Å². The number of benzene rings is 3. The lowest BCUT2D eigenvalue weighted by molar-refractivity contribution is -0.195. The Hall–Kier alpha value is -2.95. The third-order valence-corrected chi connectivity index (χ3v) is 4.46. The summed E-state index contributed by atoms with van der Waals surface area (Å²) >= 11 is 0. The van der Waals surface area contributed by atoms with Crippen molar-refractivity contribution in [3.63, 3.8) is 0 Å². The first kappa shape index (κ1) is 20.8. The molecule has 3 aromatic carbocycles. The smallest absolute Gasteiger partial charge is 0.432 e. The second-order valence-electron chi connectivity index (χ2n) is 6.92. The third kappa shape index (κ3) is 5.76. The van der Waals surface area contributed by atoms with Gasteiger partial charge in [0.05, 0.1) is 0 Å². The van der Waals surface area contributed by atoms with E-state index in [1.807, 2.05) is 38.1 Å². The van der Waals surface area contributed by atoms with Crippen molar-refractivity contribution >= 4 is 0 Å². The van der Waals surface area contributed by atoms with E-state index in [-0.39, 0.29) is 5.75 Å². The van der Waals surface area contributed by atoms with Crippen molar-refractivity contribution in [2.75, 3.05) is 6.61 Å². The maximum absolute atomic E-state index is 14.1. The van der Waals surface area contributed by atoms with Crippen molar-refractivity contribution in [1.82, 2.24) is 0 Å². The van der Waals surface area contributed by atoms with Crippen LogP contribution in [0, 0.1) is 12.7 Å². The SMILES string of the molecule is CCCc1ccc(OC(F)(F)COc2ccc(-c3ccc(C)cc3)cc2)cc1F. The lowest BCUT2D eigenvalue weighted by atomic mass is 10.0. The van der Waals surface area contributed by atoms with Crippen LogP contribution in [0.3, 0.4) is 0 Å². The summed E-state index contributed by atoms with van der Waals surface area (Å²) in [7, 11) is 0. The van der Waals surface area contributed by atoms with Gasteiger partial charge in [-0.3, -0.25) is 0 Å². The largest absolute Gasteiger partial charge is 0.483 e. The molecule has 0 aliphatic rings. The lowest BCUT2D eigenvalue weighted by Gasteiger charge is -2.19. The van der Waals surface area contributed by atoms with Crippen LogP contribution in [0.2, 0.25) is 0 Å². The fourth-order valence-electron chi connectivity index (χ4n) is 2.92. The van der Waals surface area contributed by atoms with Crippen LogP contribution >= 0.6 is 0 Å². The van der Waals surface area contributed by atoms with E-state index in [0.717, 1.165) is 29.2 Å². The molecule has 0 spiro atoms. The van der Waals surface area contributed by atoms with Gasteiger partial charge in [0, 0.05) is 6.07 Å². The van der Waals surface area contributed by atoms with Gasteiger partial charge < -0.3 is 9.47 Å². The van der Waals surface area contributed by atoms with Crippen molar-refractivity contribution in [2.24, 2.45) is 0 Å². The first-order chi connectivity index (χ1) is 13.9. The molecule has 0 bridgehead atoms. The number of aryl methyl sites for hydroxylation is 2. The highest BCUT2D eigenvalue weighted by Crippen LogP contribution is 2.27. The van der Waals surface area contributed by atoms with Crippen LogP contribution in [-0.2, 0) is 6.42 Å². The molecular formula is C24H23F3O2. The fraction of sp³-hybridized carbons (Fsp3) is 0.250. The van der Waals surface area contributed by atoms with E-state index < -0.39 is 18.5 Å². The van der Waals surface area contributed by atoms with Crippen molar-refractivity contribution in [1.29, 1.82) is 0 Å². The molecule has 152 valence electrons. The van der Waals surface area contributed by atoms with Crippen LogP contribution in [0.1, 0.15) is 24.5 Å². The molecule has 0 N–H and O–H groups in total. The van der Waals surface area contributed by atoms with Crippen LogP contribution in [0.4, 0.5) is 13.2 Å². The van der Waals surface area contributed by atoms with Crippen molar-refractivity contribution < 1.29 is 22.6 Å². The molecule has 29 heavy (non-hydrogen) atoms. The minimum atomic E-state index is -3.59. The number of hydrogen-bond donors (Lipinski definition) is 0. The third-order valence-electron chi connectivity index (χ3n) is 4.46. The quantitative estimate of drug-likeness (QED) is 0.414. The molecule has 3 aromatic rings. The molecule has 0 aliphatic heterocycles. The molecule has 0 aromatic heterocycles. The van der Waals surface area contributed by atoms with E-state index in [4.69, 9.17) is 4.74 Å². The van der Waals surface area contributed by atoms with Crippen molar-refractivity contribution in [3.8, 4) is 22.6 Å². The Balaban J connectivity index is 1.59. The predicted molar refractivity (Wildman–Crippen MR) is 108 cm³/mol. The predicted octanol–water partition coefficient (Wildman–Crippen LogP) is 6.80. The maximum Gasteiger partial charge on any atom is 0.432 e. The Kier molecular flexibility index (Phi) is 6.47. The second-order valence-corrected chi connectivity index (χ2v) is 6.92. The van der Waals surface area contributed by atoms with E-state index in [0.29, 0.717) is 17.7 Å². The summed E-state index contributed by atoms with van der Waals surface area (Å²) in [5.74, 6) is -0.480. The minimum Gasteiger partial charge on any atom is -0.483 e. The molecule has 5 heteroatoms. The number of alkyl halides is 2. The molecule has 0 unspecified atom stereocenters. The summed E-state index contributed by atoms with van der Waals surface area (Å²) in [6.07, 6.45) is -2.28. The zero-order valence-electron chi connectivity index (χ0n) is 16.4. The van der Waals surface area contributed by atoms with Gasteiger partial charge in [-0.15, -0.1) is 0 Å². The Bertz CT molecular complexity index is 935. The summed E-state index contributed by atoms with van der Waals surface area (Å²) in [6.45, 7) is 2.95. The summed E-state index contributed by atoms with van der Waals surface area (Å²) in [5.41, 5.74) is 3.64. The zero-order valence-corrected chi connectivity index (χ0v) is 16.4. The molecule has 0 saturated carbocycles. The first-order valence-corrected chi connectivity index (χ1v) is 9.51. The van der Waals surface area contributed by atoms with E-state index in [1.54, 1.807) is 24.3 Å². The van der Waals surface area contributed by atoms with Crippen LogP contribution in [0.5, 0.6) is 11.5 Å². The normalized spacial score (nSPS) is 11.3. The number of rotatable bonds is 8. The highest BCUT2D eigenvalue weighted by Gasteiger charge is 2.33. The van der Waals surface area contributed by atoms with E-state index in [1.165, 1.54) is 12.1 Å². The Labute approximate surface area is 168 Å². The second kappa shape index (κ2) is 9.03. The van der Waals surface area contributed by atoms with Gasteiger partial charge in [-0.2, -0.15) is 8.78 Å². The monoisotopic (exact) mass is 400 g/mol. The molecule has 0 atom stereocenters. The average molecular weight is 400 g/mol. The van der Waals surface area contributed by atoms with Gasteiger partial charge in [-0.25, -0.2) is 4.39 Å². The van der Waals surface area contributed by atoms with Crippen LogP contribution in [-0.4, -0.2) is 12.7 Å². The molecule has 0 fully saturated rings. The number of hydrogen-bond acceptors (Lipinski definition) is 2. The topological polar surface area (TPSA) is 18.5 Å². The highest BCUT2D eigenvalue weighted by molar-refractivity contribution is 5.64. The van der Waals surface area contributed by atoms with Crippen LogP contribution in [0.25, 0.3) is 11.1 Å². The summed E-state index contributed by atoms with van der Waals surface area (Å²) in [5, 5.41) is 0. The van der Waals surface area contributed by atoms with Gasteiger partial charge in [0.1, 0.15) is 17.3 Å². The molecule has 2 nitrogen and oxygen atoms in total. The molecule has 0 saturated heterocycles. The van der Waals surface area contributed by atoms with Crippen molar-refractivity contribution in [3.05, 3.63) is 83.7 Å². The van der Waals surface area contributed by atoms with Crippen LogP contribution < -0.4 is 9.47 Å². The average Bonchev–Trinajstić information content (AvgIpc) is 2.69. The Morgan fingerprint density at radius 1 is 0.828 bits per heavy atom. The standard InChI is InChI=1S/C24H23F3O2/c1-3-4-20-11-14-22(15-23(20)25)29-24(26,27)16-28-21-12-9-19(10-13-21)18-7-5-17(2)6-8-18/h5-15H,3-4,16H2,1-2H3. The van der Waals surface area contributed by atoms with Gasteiger partial charge in [-0.1, -0.05) is 61.4 Å². The molecule has 0 radical (unpaired) electrons. The van der Waals surface area contributed by atoms with Gasteiger partial charge >= 0.3 is 6.11 Å². The number of halogens is 3. The van der Waals surface area contributed by atoms with Gasteiger partial charge in [-0.05, 0) is 48.2 Å². The van der Waals surface area contributed by atoms with Gasteiger partial charge in [0.15, 0.2) is 6.61 Å². The Morgan fingerprint density at radius 2 is 1.41 bits per heavy atom. The summed E-state index contributed by atoms with van der Waals surface area (Å²) in [4.78, 5) is 0. The van der Waals surface area contributed by atoms with E-state index in [2.05, 4.69) is 4.74 Å². The van der Waals surface area contributed by atoms with Gasteiger partial charge in [0.2, 0.25) is 0 Å². The minimum absolute atomic E-state index is 0.231. The Morgan fingerprint density at radius 3 is 2.00 bits per heavy atom. The maximum atomic E-state index is 14.1. The summed E-state index contributed by atoms with van der Waals surface area (Å²) in [6, 6.07) is 18.7. The summed E-state index contributed by atoms with van der Waals surface area (Å²) < 4.78 is 51.9. The zero-order chi connectivity index (χ0) is 20.9. The molecule has 0 amide bonds. The van der Waals surface area contributed by atoms with E-state index >= 15 is 0 Å². The van der Waals surface area contributed by atoms with Crippen LogP contribution in [0.15, 0.2) is 66.7 Å². The lowest BCUT2D eigenvalue weighted by Crippen LogP contribution is -2.32.